The van der Waals surface area contributed by atoms with Gasteiger partial charge in [-0.25, -0.2) is 0 Å². The normalized spacial score (nSPS) is 10.9. The molecule has 142 valence electrons. The molecular weight excluding hydrogens is 376 g/mol. The highest BCUT2D eigenvalue weighted by Crippen LogP contribution is 2.26. The molecule has 0 saturated carbocycles. The number of aliphatic imine (C=N–C) groups is 1. The van der Waals surface area contributed by atoms with Gasteiger partial charge in [-0.05, 0) is 65.6 Å². The van der Waals surface area contributed by atoms with E-state index in [2.05, 4.69) is 24.0 Å². The molecular formula is C22H19ClN2O3. The number of aryl methyl sites for hydroxylation is 1. The van der Waals surface area contributed by atoms with Crippen LogP contribution < -0.4 is 4.74 Å². The molecule has 0 heterocycles. The maximum atomic E-state index is 10.7. The van der Waals surface area contributed by atoms with Crippen LogP contribution in [0.1, 0.15) is 23.6 Å². The van der Waals surface area contributed by atoms with Gasteiger partial charge in [-0.3, -0.25) is 15.1 Å². The van der Waals surface area contributed by atoms with Gasteiger partial charge in [0.15, 0.2) is 0 Å². The van der Waals surface area contributed by atoms with Crippen molar-refractivity contribution in [1.29, 1.82) is 0 Å². The zero-order chi connectivity index (χ0) is 19.9. The maximum absolute atomic E-state index is 10.7. The van der Waals surface area contributed by atoms with Crippen molar-refractivity contribution < 1.29 is 9.66 Å². The molecule has 0 aromatic heterocycles. The lowest BCUT2D eigenvalue weighted by Crippen LogP contribution is -1.97. The van der Waals surface area contributed by atoms with E-state index in [-0.39, 0.29) is 12.3 Å². The van der Waals surface area contributed by atoms with Crippen molar-refractivity contribution in [3.8, 4) is 5.75 Å². The van der Waals surface area contributed by atoms with Gasteiger partial charge in [-0.1, -0.05) is 30.7 Å². The molecule has 0 radical (unpaired) electrons. The zero-order valence-electron chi connectivity index (χ0n) is 15.3. The van der Waals surface area contributed by atoms with Gasteiger partial charge in [0.2, 0.25) is 0 Å². The van der Waals surface area contributed by atoms with E-state index in [1.807, 2.05) is 18.2 Å². The first-order chi connectivity index (χ1) is 13.5. The highest BCUT2D eigenvalue weighted by molar-refractivity contribution is 6.32. The number of halogens is 1. The Morgan fingerprint density at radius 3 is 2.32 bits per heavy atom. The number of rotatable bonds is 7. The first-order valence-electron chi connectivity index (χ1n) is 8.84. The third-order valence-corrected chi connectivity index (χ3v) is 4.50. The van der Waals surface area contributed by atoms with E-state index in [1.54, 1.807) is 30.5 Å². The van der Waals surface area contributed by atoms with Crippen molar-refractivity contribution >= 4 is 29.2 Å². The predicted octanol–water partition coefficient (Wildman–Crippen LogP) is 6.14. The van der Waals surface area contributed by atoms with Gasteiger partial charge in [0.05, 0.1) is 15.6 Å². The van der Waals surface area contributed by atoms with Crippen LogP contribution in [0.4, 0.5) is 11.4 Å². The molecule has 3 aromatic rings. The van der Waals surface area contributed by atoms with Crippen LogP contribution in [0.15, 0.2) is 71.7 Å². The summed E-state index contributed by atoms with van der Waals surface area (Å²) < 4.78 is 5.72. The number of ether oxygens (including phenoxy) is 1. The number of hydrogen-bond donors (Lipinski definition) is 0. The van der Waals surface area contributed by atoms with Crippen LogP contribution in [0, 0.1) is 10.1 Å². The largest absolute Gasteiger partial charge is 0.487 e. The fourth-order valence-corrected chi connectivity index (χ4v) is 2.80. The average Bonchev–Trinajstić information content (AvgIpc) is 2.72. The minimum atomic E-state index is -0.431. The Bertz CT molecular complexity index is 984. The molecule has 6 heteroatoms. The summed E-state index contributed by atoms with van der Waals surface area (Å²) in [5.41, 5.74) is 3.90. The van der Waals surface area contributed by atoms with Gasteiger partial charge in [0, 0.05) is 18.3 Å². The van der Waals surface area contributed by atoms with Crippen LogP contribution in [0.2, 0.25) is 5.02 Å². The van der Waals surface area contributed by atoms with Crippen LogP contribution in [0.25, 0.3) is 0 Å². The molecule has 0 atom stereocenters. The number of hydrogen-bond acceptors (Lipinski definition) is 4. The number of benzene rings is 3. The Kier molecular flexibility index (Phi) is 6.40. The van der Waals surface area contributed by atoms with Crippen LogP contribution >= 0.6 is 11.6 Å². The SMILES string of the molecule is CCc1ccc(N=Cc2ccc(OCc3ccc([N+](=O)[O-])cc3)c(Cl)c2)cc1. The molecule has 28 heavy (non-hydrogen) atoms. The minimum Gasteiger partial charge on any atom is -0.487 e. The standard InChI is InChI=1S/C22H19ClN2O3/c1-2-16-3-8-19(9-4-16)24-14-18-7-12-22(21(23)13-18)28-15-17-5-10-20(11-6-17)25(26)27/h3-14H,2,15H2,1H3. The molecule has 0 fully saturated rings. The molecule has 0 N–H and O–H groups in total. The molecule has 3 aromatic carbocycles. The number of non-ortho nitro benzene ring substituents is 1. The van der Waals surface area contributed by atoms with E-state index in [0.717, 1.165) is 23.2 Å². The number of nitrogens with zero attached hydrogens (tertiary/aromatic N) is 2. The molecule has 0 amide bonds. The van der Waals surface area contributed by atoms with Gasteiger partial charge < -0.3 is 4.74 Å². The molecule has 0 bridgehead atoms. The molecule has 0 unspecified atom stereocenters. The van der Waals surface area contributed by atoms with E-state index in [1.165, 1.54) is 17.7 Å². The van der Waals surface area contributed by atoms with Crippen LogP contribution in [-0.2, 0) is 13.0 Å². The third-order valence-electron chi connectivity index (χ3n) is 4.20. The van der Waals surface area contributed by atoms with Crippen molar-refractivity contribution in [2.75, 3.05) is 0 Å². The Hall–Kier alpha value is -3.18. The Labute approximate surface area is 168 Å². The van der Waals surface area contributed by atoms with E-state index in [0.29, 0.717) is 10.8 Å². The third kappa shape index (κ3) is 5.18. The van der Waals surface area contributed by atoms with Crippen LogP contribution in [-0.4, -0.2) is 11.1 Å². The van der Waals surface area contributed by atoms with Gasteiger partial charge in [-0.2, -0.15) is 0 Å². The zero-order valence-corrected chi connectivity index (χ0v) is 16.1. The minimum absolute atomic E-state index is 0.0507. The first-order valence-corrected chi connectivity index (χ1v) is 9.21. The Balaban J connectivity index is 1.63. The van der Waals surface area contributed by atoms with Crippen molar-refractivity contribution in [1.82, 2.24) is 0 Å². The first kappa shape index (κ1) is 19.6. The van der Waals surface area contributed by atoms with E-state index >= 15 is 0 Å². The molecule has 0 spiro atoms. The summed E-state index contributed by atoms with van der Waals surface area (Å²) in [6.45, 7) is 2.39. The summed E-state index contributed by atoms with van der Waals surface area (Å²) >= 11 is 6.31. The molecule has 0 saturated heterocycles. The second kappa shape index (κ2) is 9.15. The van der Waals surface area contributed by atoms with Crippen molar-refractivity contribution in [2.24, 2.45) is 4.99 Å². The van der Waals surface area contributed by atoms with E-state index in [4.69, 9.17) is 16.3 Å². The fraction of sp³-hybridized carbons (Fsp3) is 0.136. The summed E-state index contributed by atoms with van der Waals surface area (Å²) in [5, 5.41) is 11.2. The van der Waals surface area contributed by atoms with Crippen molar-refractivity contribution in [3.05, 3.63) is 98.6 Å². The Morgan fingerprint density at radius 2 is 1.71 bits per heavy atom. The predicted molar refractivity (Wildman–Crippen MR) is 112 cm³/mol. The quantitative estimate of drug-likeness (QED) is 0.274. The summed E-state index contributed by atoms with van der Waals surface area (Å²) in [7, 11) is 0. The lowest BCUT2D eigenvalue weighted by molar-refractivity contribution is -0.384. The molecule has 0 aliphatic heterocycles. The topological polar surface area (TPSA) is 64.7 Å². The lowest BCUT2D eigenvalue weighted by Gasteiger charge is -2.08. The van der Waals surface area contributed by atoms with Gasteiger partial charge >= 0.3 is 0 Å². The molecule has 0 aliphatic rings. The summed E-state index contributed by atoms with van der Waals surface area (Å²) in [4.78, 5) is 14.7. The van der Waals surface area contributed by atoms with Crippen molar-refractivity contribution in [2.45, 2.75) is 20.0 Å². The lowest BCUT2D eigenvalue weighted by atomic mass is 10.1. The van der Waals surface area contributed by atoms with Gasteiger partial charge in [0.25, 0.3) is 5.69 Å². The highest BCUT2D eigenvalue weighted by atomic mass is 35.5. The van der Waals surface area contributed by atoms with Gasteiger partial charge in [0.1, 0.15) is 12.4 Å². The summed E-state index contributed by atoms with van der Waals surface area (Å²) in [5.74, 6) is 0.546. The molecule has 5 nitrogen and oxygen atoms in total. The smallest absolute Gasteiger partial charge is 0.269 e. The highest BCUT2D eigenvalue weighted by Gasteiger charge is 2.06. The monoisotopic (exact) mass is 394 g/mol. The van der Waals surface area contributed by atoms with Crippen LogP contribution in [0.3, 0.4) is 0 Å². The summed E-state index contributed by atoms with van der Waals surface area (Å²) in [6, 6.07) is 19.8. The maximum Gasteiger partial charge on any atom is 0.269 e. The molecule has 0 aliphatic carbocycles. The fourth-order valence-electron chi connectivity index (χ4n) is 2.56. The Morgan fingerprint density at radius 1 is 1.04 bits per heavy atom. The van der Waals surface area contributed by atoms with E-state index in [9.17, 15) is 10.1 Å². The van der Waals surface area contributed by atoms with Gasteiger partial charge in [-0.15, -0.1) is 0 Å². The molecule has 3 rings (SSSR count). The summed E-state index contributed by atoms with van der Waals surface area (Å²) in [6.07, 6.45) is 2.76. The van der Waals surface area contributed by atoms with Crippen molar-refractivity contribution in [3.63, 3.8) is 0 Å². The second-order valence-corrected chi connectivity index (χ2v) is 6.59. The average molecular weight is 395 g/mol. The number of nitro groups is 1. The number of nitro benzene ring substituents is 1. The van der Waals surface area contributed by atoms with Crippen LogP contribution in [0.5, 0.6) is 5.75 Å². The van der Waals surface area contributed by atoms with E-state index < -0.39 is 4.92 Å². The second-order valence-electron chi connectivity index (χ2n) is 6.18.